The van der Waals surface area contributed by atoms with Gasteiger partial charge in [0, 0.05) is 19.3 Å². The minimum atomic E-state index is 0.405. The molecule has 1 fully saturated rings. The average Bonchev–Trinajstić information content (AvgIpc) is 2.33. The maximum absolute atomic E-state index is 5.27. The minimum Gasteiger partial charge on any atom is -0.302 e. The highest BCUT2D eigenvalue weighted by molar-refractivity contribution is 9.10. The van der Waals surface area contributed by atoms with Gasteiger partial charge in [0.15, 0.2) is 5.82 Å². The van der Waals surface area contributed by atoms with Gasteiger partial charge in [-0.25, -0.2) is 15.8 Å². The van der Waals surface area contributed by atoms with Crippen molar-refractivity contribution in [2.24, 2.45) is 5.84 Å². The summed E-state index contributed by atoms with van der Waals surface area (Å²) in [4.78, 5) is 8.24. The SMILES string of the molecule is NNc1ncc(Br)c(NN2CCCCC2)n1. The average molecular weight is 287 g/mol. The van der Waals surface area contributed by atoms with Gasteiger partial charge in [-0.05, 0) is 28.8 Å². The number of nitrogens with one attached hydrogen (secondary N) is 2. The van der Waals surface area contributed by atoms with E-state index in [0.717, 1.165) is 23.4 Å². The summed E-state index contributed by atoms with van der Waals surface area (Å²) < 4.78 is 0.831. The van der Waals surface area contributed by atoms with Crippen molar-refractivity contribution >= 4 is 27.7 Å². The highest BCUT2D eigenvalue weighted by Gasteiger charge is 2.12. The van der Waals surface area contributed by atoms with E-state index in [9.17, 15) is 0 Å². The van der Waals surface area contributed by atoms with Crippen molar-refractivity contribution in [3.05, 3.63) is 10.7 Å². The molecule has 0 bridgehead atoms. The molecule has 1 aromatic heterocycles. The first kappa shape index (κ1) is 11.6. The molecule has 7 heteroatoms. The molecule has 1 aliphatic heterocycles. The summed E-state index contributed by atoms with van der Waals surface area (Å²) in [5.74, 6) is 6.42. The van der Waals surface area contributed by atoms with Crippen molar-refractivity contribution < 1.29 is 0 Å². The van der Waals surface area contributed by atoms with Crippen LogP contribution in [-0.2, 0) is 0 Å². The molecule has 4 N–H and O–H groups in total. The Morgan fingerprint density at radius 3 is 2.75 bits per heavy atom. The zero-order chi connectivity index (χ0) is 11.4. The summed E-state index contributed by atoms with van der Waals surface area (Å²) in [5.41, 5.74) is 5.69. The van der Waals surface area contributed by atoms with Crippen LogP contribution in [0.5, 0.6) is 0 Å². The molecule has 0 unspecified atom stereocenters. The van der Waals surface area contributed by atoms with E-state index in [4.69, 9.17) is 5.84 Å². The molecule has 2 rings (SSSR count). The molecular weight excluding hydrogens is 272 g/mol. The smallest absolute Gasteiger partial charge is 0.239 e. The van der Waals surface area contributed by atoms with E-state index in [2.05, 4.69) is 41.8 Å². The summed E-state index contributed by atoms with van der Waals surface area (Å²) in [6.07, 6.45) is 5.42. The number of anilines is 2. The highest BCUT2D eigenvalue weighted by atomic mass is 79.9. The Labute approximate surface area is 103 Å². The van der Waals surface area contributed by atoms with Crippen LogP contribution < -0.4 is 16.7 Å². The quantitative estimate of drug-likeness (QED) is 0.575. The summed E-state index contributed by atoms with van der Waals surface area (Å²) in [6, 6.07) is 0. The Morgan fingerprint density at radius 2 is 2.06 bits per heavy atom. The number of halogens is 1. The van der Waals surface area contributed by atoms with Crippen molar-refractivity contribution in [2.45, 2.75) is 19.3 Å². The molecule has 0 aromatic carbocycles. The fourth-order valence-corrected chi connectivity index (χ4v) is 1.95. The number of hydrogen-bond acceptors (Lipinski definition) is 6. The normalized spacial score (nSPS) is 17.1. The molecule has 1 saturated heterocycles. The van der Waals surface area contributed by atoms with Crippen LogP contribution >= 0.6 is 15.9 Å². The van der Waals surface area contributed by atoms with Crippen LogP contribution in [-0.4, -0.2) is 28.1 Å². The van der Waals surface area contributed by atoms with E-state index in [1.165, 1.54) is 19.3 Å². The number of rotatable bonds is 3. The monoisotopic (exact) mass is 286 g/mol. The highest BCUT2D eigenvalue weighted by Crippen LogP contribution is 2.21. The minimum absolute atomic E-state index is 0.405. The Bertz CT molecular complexity index is 352. The van der Waals surface area contributed by atoms with E-state index in [1.807, 2.05) is 0 Å². The number of piperidine rings is 1. The van der Waals surface area contributed by atoms with Crippen LogP contribution in [0.2, 0.25) is 0 Å². The van der Waals surface area contributed by atoms with Crippen LogP contribution in [0, 0.1) is 0 Å². The maximum Gasteiger partial charge on any atom is 0.239 e. The van der Waals surface area contributed by atoms with Crippen LogP contribution in [0.15, 0.2) is 10.7 Å². The van der Waals surface area contributed by atoms with Gasteiger partial charge >= 0.3 is 0 Å². The maximum atomic E-state index is 5.27. The summed E-state index contributed by atoms with van der Waals surface area (Å²) in [5, 5.41) is 2.16. The molecule has 16 heavy (non-hydrogen) atoms. The second kappa shape index (κ2) is 5.42. The molecule has 2 heterocycles. The van der Waals surface area contributed by atoms with Gasteiger partial charge in [0.1, 0.15) is 0 Å². The molecular formula is C9H15BrN6. The first-order valence-electron chi connectivity index (χ1n) is 5.30. The third kappa shape index (κ3) is 2.81. The van der Waals surface area contributed by atoms with Gasteiger partial charge in [0.25, 0.3) is 0 Å². The third-order valence-corrected chi connectivity index (χ3v) is 3.07. The molecule has 1 aliphatic rings. The van der Waals surface area contributed by atoms with Crippen LogP contribution in [0.1, 0.15) is 19.3 Å². The van der Waals surface area contributed by atoms with Crippen molar-refractivity contribution in [1.82, 2.24) is 15.0 Å². The number of nitrogens with zero attached hydrogens (tertiary/aromatic N) is 3. The van der Waals surface area contributed by atoms with Crippen molar-refractivity contribution in [3.8, 4) is 0 Å². The largest absolute Gasteiger partial charge is 0.302 e. The number of nitrogens with two attached hydrogens (primary N) is 1. The van der Waals surface area contributed by atoms with Crippen molar-refractivity contribution in [2.75, 3.05) is 23.9 Å². The third-order valence-electron chi connectivity index (χ3n) is 2.49. The van der Waals surface area contributed by atoms with Crippen LogP contribution in [0.3, 0.4) is 0 Å². The standard InChI is InChI=1S/C9H15BrN6/c10-7-6-12-9(14-11)13-8(7)15-16-4-2-1-3-5-16/h6H,1-5,11H2,(H2,12,13,14,15). The predicted molar refractivity (Wildman–Crippen MR) is 66.6 cm³/mol. The summed E-state index contributed by atoms with van der Waals surface area (Å²) in [7, 11) is 0. The first-order valence-corrected chi connectivity index (χ1v) is 6.09. The molecule has 0 aliphatic carbocycles. The van der Waals surface area contributed by atoms with Gasteiger partial charge in [0.2, 0.25) is 5.95 Å². The fraction of sp³-hybridized carbons (Fsp3) is 0.556. The van der Waals surface area contributed by atoms with Crippen molar-refractivity contribution in [3.63, 3.8) is 0 Å². The number of hydrazine groups is 2. The van der Waals surface area contributed by atoms with E-state index in [-0.39, 0.29) is 0 Å². The Kier molecular flexibility index (Phi) is 3.92. The Balaban J connectivity index is 2.06. The van der Waals surface area contributed by atoms with E-state index in [1.54, 1.807) is 6.20 Å². The van der Waals surface area contributed by atoms with Gasteiger partial charge in [-0.15, -0.1) is 0 Å². The molecule has 0 atom stereocenters. The lowest BCUT2D eigenvalue weighted by Gasteiger charge is -2.27. The van der Waals surface area contributed by atoms with Gasteiger partial charge in [-0.2, -0.15) is 4.98 Å². The van der Waals surface area contributed by atoms with Gasteiger partial charge in [0.05, 0.1) is 4.47 Å². The fourth-order valence-electron chi connectivity index (χ4n) is 1.67. The number of nitrogen functional groups attached to an aromatic ring is 1. The lowest BCUT2D eigenvalue weighted by molar-refractivity contribution is 0.272. The molecule has 6 nitrogen and oxygen atoms in total. The molecule has 0 amide bonds. The lowest BCUT2D eigenvalue weighted by Crippen LogP contribution is -2.35. The summed E-state index contributed by atoms with van der Waals surface area (Å²) in [6.45, 7) is 2.09. The first-order chi connectivity index (χ1) is 7.79. The van der Waals surface area contributed by atoms with Crippen LogP contribution in [0.4, 0.5) is 11.8 Å². The molecule has 0 saturated carbocycles. The van der Waals surface area contributed by atoms with Crippen molar-refractivity contribution in [1.29, 1.82) is 0 Å². The van der Waals surface area contributed by atoms with E-state index >= 15 is 0 Å². The molecule has 88 valence electrons. The van der Waals surface area contributed by atoms with Gasteiger partial charge < -0.3 is 5.43 Å². The molecule has 0 spiro atoms. The molecule has 0 radical (unpaired) electrons. The Hall–Kier alpha value is -0.920. The number of aromatic nitrogens is 2. The molecule has 1 aromatic rings. The Morgan fingerprint density at radius 1 is 1.31 bits per heavy atom. The van der Waals surface area contributed by atoms with Gasteiger partial charge in [-0.1, -0.05) is 6.42 Å². The van der Waals surface area contributed by atoms with Crippen LogP contribution in [0.25, 0.3) is 0 Å². The lowest BCUT2D eigenvalue weighted by atomic mass is 10.2. The summed E-state index contributed by atoms with van der Waals surface area (Å²) >= 11 is 3.40. The topological polar surface area (TPSA) is 79.1 Å². The van der Waals surface area contributed by atoms with E-state index < -0.39 is 0 Å². The number of hydrogen-bond donors (Lipinski definition) is 3. The second-order valence-electron chi connectivity index (χ2n) is 3.69. The zero-order valence-corrected chi connectivity index (χ0v) is 10.5. The predicted octanol–water partition coefficient (Wildman–Crippen LogP) is 1.34. The second-order valence-corrected chi connectivity index (χ2v) is 4.55. The van der Waals surface area contributed by atoms with Gasteiger partial charge in [-0.3, -0.25) is 5.43 Å². The van der Waals surface area contributed by atoms with E-state index in [0.29, 0.717) is 5.95 Å². The zero-order valence-electron chi connectivity index (χ0n) is 8.91.